The summed E-state index contributed by atoms with van der Waals surface area (Å²) in [5.41, 5.74) is 1.38. The number of rotatable bonds is 1. The predicted octanol–water partition coefficient (Wildman–Crippen LogP) is 2.69. The van der Waals surface area contributed by atoms with Crippen LogP contribution in [0, 0.1) is 0 Å². The Kier molecular flexibility index (Phi) is 2.00. The molecule has 0 aromatic carbocycles. The van der Waals surface area contributed by atoms with E-state index in [-0.39, 0.29) is 6.10 Å². The van der Waals surface area contributed by atoms with Crippen LogP contribution in [0.2, 0.25) is 0 Å². The van der Waals surface area contributed by atoms with Gasteiger partial charge < -0.3 is 9.15 Å². The van der Waals surface area contributed by atoms with Gasteiger partial charge in [0.1, 0.15) is 11.9 Å². The van der Waals surface area contributed by atoms with Crippen LogP contribution in [0.5, 0.6) is 0 Å². The Hall–Kier alpha value is -1.02. The zero-order valence-electron chi connectivity index (χ0n) is 7.12. The first-order valence-electron chi connectivity index (χ1n) is 4.18. The molecule has 0 bridgehead atoms. The van der Waals surface area contributed by atoms with Gasteiger partial charge in [-0.1, -0.05) is 5.57 Å². The zero-order valence-corrected chi connectivity index (χ0v) is 7.12. The summed E-state index contributed by atoms with van der Waals surface area (Å²) in [6, 6.07) is 3.83. The van der Waals surface area contributed by atoms with Crippen molar-refractivity contribution in [2.45, 2.75) is 19.4 Å². The molecule has 0 N–H and O–H groups in total. The molecule has 0 fully saturated rings. The van der Waals surface area contributed by atoms with Crippen molar-refractivity contribution in [2.24, 2.45) is 0 Å². The van der Waals surface area contributed by atoms with E-state index in [1.165, 1.54) is 5.57 Å². The Morgan fingerprint density at radius 1 is 1.50 bits per heavy atom. The highest BCUT2D eigenvalue weighted by Crippen LogP contribution is 2.25. The van der Waals surface area contributed by atoms with Crippen molar-refractivity contribution in [3.8, 4) is 0 Å². The lowest BCUT2D eigenvalue weighted by molar-refractivity contribution is 0.0622. The molecular formula is C10H12O2. The summed E-state index contributed by atoms with van der Waals surface area (Å²) in [6.07, 6.45) is 4.87. The quantitative estimate of drug-likeness (QED) is 0.595. The Labute approximate surface area is 71.8 Å². The standard InChI is InChI=1S/C10H12O2/c1-8-4-6-12-10(7-8)9-3-2-5-11-9/h2-3,5,7,10H,4,6H2,1H3. The highest BCUT2D eigenvalue weighted by molar-refractivity contribution is 5.14. The average Bonchev–Trinajstić information content (AvgIpc) is 2.56. The third-order valence-electron chi connectivity index (χ3n) is 2.05. The monoisotopic (exact) mass is 164 g/mol. The van der Waals surface area contributed by atoms with Gasteiger partial charge in [-0.3, -0.25) is 0 Å². The molecular weight excluding hydrogens is 152 g/mol. The van der Waals surface area contributed by atoms with Crippen LogP contribution < -0.4 is 0 Å². The van der Waals surface area contributed by atoms with Gasteiger partial charge in [-0.2, -0.15) is 0 Å². The van der Waals surface area contributed by atoms with Gasteiger partial charge in [0, 0.05) is 0 Å². The molecule has 1 unspecified atom stereocenters. The van der Waals surface area contributed by atoms with Crippen LogP contribution in [-0.4, -0.2) is 6.61 Å². The van der Waals surface area contributed by atoms with Gasteiger partial charge in [0.05, 0.1) is 12.9 Å². The fourth-order valence-electron chi connectivity index (χ4n) is 1.35. The minimum atomic E-state index is 0.0359. The van der Waals surface area contributed by atoms with Crippen LogP contribution in [-0.2, 0) is 4.74 Å². The molecule has 0 aliphatic carbocycles. The highest BCUT2D eigenvalue weighted by Gasteiger charge is 2.15. The van der Waals surface area contributed by atoms with E-state index in [9.17, 15) is 0 Å². The van der Waals surface area contributed by atoms with Gasteiger partial charge in [-0.05, 0) is 31.6 Å². The second kappa shape index (κ2) is 3.15. The van der Waals surface area contributed by atoms with Crippen LogP contribution in [0.3, 0.4) is 0 Å². The molecule has 1 aromatic rings. The Bertz CT molecular complexity index is 272. The lowest BCUT2D eigenvalue weighted by Crippen LogP contribution is -2.08. The van der Waals surface area contributed by atoms with Crippen LogP contribution in [0.1, 0.15) is 25.2 Å². The molecule has 1 aliphatic heterocycles. The van der Waals surface area contributed by atoms with E-state index in [4.69, 9.17) is 9.15 Å². The molecule has 0 amide bonds. The summed E-state index contributed by atoms with van der Waals surface area (Å²) in [5, 5.41) is 0. The molecule has 2 nitrogen and oxygen atoms in total. The molecule has 1 atom stereocenters. The van der Waals surface area contributed by atoms with Crippen molar-refractivity contribution >= 4 is 0 Å². The fourth-order valence-corrected chi connectivity index (χ4v) is 1.35. The predicted molar refractivity (Wildman–Crippen MR) is 45.8 cm³/mol. The van der Waals surface area contributed by atoms with Crippen LogP contribution in [0.15, 0.2) is 34.5 Å². The fraction of sp³-hybridized carbons (Fsp3) is 0.400. The van der Waals surface area contributed by atoms with Crippen molar-refractivity contribution < 1.29 is 9.15 Å². The molecule has 64 valence electrons. The number of hydrogen-bond acceptors (Lipinski definition) is 2. The molecule has 2 rings (SSSR count). The van der Waals surface area contributed by atoms with Crippen molar-refractivity contribution in [1.29, 1.82) is 0 Å². The first-order valence-corrected chi connectivity index (χ1v) is 4.18. The maximum atomic E-state index is 5.52. The SMILES string of the molecule is CC1=CC(c2ccco2)OCC1. The van der Waals surface area contributed by atoms with Crippen LogP contribution in [0.25, 0.3) is 0 Å². The molecule has 12 heavy (non-hydrogen) atoms. The number of furan rings is 1. The maximum Gasteiger partial charge on any atom is 0.136 e. The van der Waals surface area contributed by atoms with E-state index in [2.05, 4.69) is 13.0 Å². The largest absolute Gasteiger partial charge is 0.466 e. The van der Waals surface area contributed by atoms with Gasteiger partial charge >= 0.3 is 0 Å². The molecule has 2 heteroatoms. The third-order valence-corrected chi connectivity index (χ3v) is 2.05. The summed E-state index contributed by atoms with van der Waals surface area (Å²) in [4.78, 5) is 0. The molecule has 0 spiro atoms. The first kappa shape index (κ1) is 7.62. The van der Waals surface area contributed by atoms with Crippen molar-refractivity contribution in [3.63, 3.8) is 0 Å². The van der Waals surface area contributed by atoms with Gasteiger partial charge in [0.2, 0.25) is 0 Å². The molecule has 0 radical (unpaired) electrons. The first-order chi connectivity index (χ1) is 5.86. The Morgan fingerprint density at radius 2 is 2.42 bits per heavy atom. The van der Waals surface area contributed by atoms with Crippen molar-refractivity contribution in [2.75, 3.05) is 6.61 Å². The third kappa shape index (κ3) is 1.43. The normalized spacial score (nSPS) is 23.8. The summed E-state index contributed by atoms with van der Waals surface area (Å²) < 4.78 is 10.8. The highest BCUT2D eigenvalue weighted by atomic mass is 16.5. The van der Waals surface area contributed by atoms with Gasteiger partial charge in [0.25, 0.3) is 0 Å². The minimum absolute atomic E-state index is 0.0359. The van der Waals surface area contributed by atoms with E-state index in [1.807, 2.05) is 12.1 Å². The van der Waals surface area contributed by atoms with Gasteiger partial charge in [-0.25, -0.2) is 0 Å². The van der Waals surface area contributed by atoms with Gasteiger partial charge in [0.15, 0.2) is 0 Å². The van der Waals surface area contributed by atoms with E-state index in [1.54, 1.807) is 6.26 Å². The maximum absolute atomic E-state index is 5.52. The van der Waals surface area contributed by atoms with Crippen LogP contribution >= 0.6 is 0 Å². The second-order valence-corrected chi connectivity index (χ2v) is 3.07. The lowest BCUT2D eigenvalue weighted by atomic mass is 10.1. The number of ether oxygens (including phenoxy) is 1. The molecule has 0 saturated carbocycles. The zero-order chi connectivity index (χ0) is 8.39. The molecule has 1 aliphatic rings. The lowest BCUT2D eigenvalue weighted by Gasteiger charge is -2.18. The van der Waals surface area contributed by atoms with Crippen molar-refractivity contribution in [1.82, 2.24) is 0 Å². The topological polar surface area (TPSA) is 22.4 Å². The Morgan fingerprint density at radius 3 is 3.08 bits per heavy atom. The summed E-state index contributed by atoms with van der Waals surface area (Å²) in [6.45, 7) is 2.92. The summed E-state index contributed by atoms with van der Waals surface area (Å²) in [5.74, 6) is 0.897. The summed E-state index contributed by atoms with van der Waals surface area (Å²) >= 11 is 0. The molecule has 1 aromatic heterocycles. The smallest absolute Gasteiger partial charge is 0.136 e. The summed E-state index contributed by atoms with van der Waals surface area (Å²) in [7, 11) is 0. The average molecular weight is 164 g/mol. The van der Waals surface area contributed by atoms with Crippen molar-refractivity contribution in [3.05, 3.63) is 35.8 Å². The van der Waals surface area contributed by atoms with E-state index in [0.717, 1.165) is 18.8 Å². The molecule has 0 saturated heterocycles. The van der Waals surface area contributed by atoms with Crippen LogP contribution in [0.4, 0.5) is 0 Å². The van der Waals surface area contributed by atoms with Gasteiger partial charge in [-0.15, -0.1) is 0 Å². The van der Waals surface area contributed by atoms with E-state index < -0.39 is 0 Å². The number of hydrogen-bond donors (Lipinski definition) is 0. The Balaban J connectivity index is 2.20. The molecule has 2 heterocycles. The van der Waals surface area contributed by atoms with E-state index in [0.29, 0.717) is 0 Å². The minimum Gasteiger partial charge on any atom is -0.466 e. The second-order valence-electron chi connectivity index (χ2n) is 3.07. The van der Waals surface area contributed by atoms with E-state index >= 15 is 0 Å².